The maximum atomic E-state index is 12.4. The van der Waals surface area contributed by atoms with Crippen LogP contribution in [0.25, 0.3) is 0 Å². The van der Waals surface area contributed by atoms with Gasteiger partial charge in [-0.05, 0) is 30.0 Å². The molecule has 0 spiro atoms. The van der Waals surface area contributed by atoms with Crippen LogP contribution in [-0.4, -0.2) is 54.1 Å². The SMILES string of the molecule is C=CCc1cc(OC)cc(CN2CCN(C(=O)c3cccs3)CC2)c1O. The first-order valence-corrected chi connectivity index (χ1v) is 9.55. The van der Waals surface area contributed by atoms with E-state index in [1.807, 2.05) is 34.5 Å². The molecule has 26 heavy (non-hydrogen) atoms. The molecule has 0 saturated carbocycles. The van der Waals surface area contributed by atoms with Gasteiger partial charge in [0.05, 0.1) is 12.0 Å². The van der Waals surface area contributed by atoms with Crippen LogP contribution in [0.4, 0.5) is 0 Å². The predicted molar refractivity (Wildman–Crippen MR) is 104 cm³/mol. The molecule has 5 nitrogen and oxygen atoms in total. The molecule has 138 valence electrons. The fourth-order valence-electron chi connectivity index (χ4n) is 3.18. The number of phenolic OH excluding ortho intramolecular Hbond substituents is 1. The molecule has 1 aliphatic rings. The van der Waals surface area contributed by atoms with E-state index in [-0.39, 0.29) is 5.91 Å². The number of phenols is 1. The van der Waals surface area contributed by atoms with E-state index < -0.39 is 0 Å². The van der Waals surface area contributed by atoms with E-state index in [2.05, 4.69) is 11.5 Å². The minimum atomic E-state index is 0.108. The maximum absolute atomic E-state index is 12.4. The smallest absolute Gasteiger partial charge is 0.264 e. The highest BCUT2D eigenvalue weighted by Gasteiger charge is 2.23. The molecule has 0 unspecified atom stereocenters. The number of rotatable bonds is 6. The average Bonchev–Trinajstić information content (AvgIpc) is 3.20. The summed E-state index contributed by atoms with van der Waals surface area (Å²) in [5.41, 5.74) is 1.67. The minimum absolute atomic E-state index is 0.108. The second kappa shape index (κ2) is 8.38. The fraction of sp³-hybridized carbons (Fsp3) is 0.350. The van der Waals surface area contributed by atoms with E-state index in [1.54, 1.807) is 13.2 Å². The number of benzene rings is 1. The van der Waals surface area contributed by atoms with Gasteiger partial charge in [0.25, 0.3) is 5.91 Å². The maximum Gasteiger partial charge on any atom is 0.264 e. The Kier molecular flexibility index (Phi) is 5.96. The number of allylic oxidation sites excluding steroid dienone is 1. The summed E-state index contributed by atoms with van der Waals surface area (Å²) in [5.74, 6) is 1.15. The lowest BCUT2D eigenvalue weighted by Crippen LogP contribution is -2.48. The zero-order chi connectivity index (χ0) is 18.5. The highest BCUT2D eigenvalue weighted by atomic mass is 32.1. The van der Waals surface area contributed by atoms with E-state index >= 15 is 0 Å². The molecular weight excluding hydrogens is 348 g/mol. The van der Waals surface area contributed by atoms with Crippen LogP contribution in [0.3, 0.4) is 0 Å². The van der Waals surface area contributed by atoms with Crippen molar-refractivity contribution >= 4 is 17.2 Å². The third-order valence-electron chi connectivity index (χ3n) is 4.63. The van der Waals surface area contributed by atoms with Crippen LogP contribution in [0, 0.1) is 0 Å². The zero-order valence-electron chi connectivity index (χ0n) is 15.0. The first kappa shape index (κ1) is 18.5. The van der Waals surface area contributed by atoms with E-state index in [4.69, 9.17) is 4.74 Å². The van der Waals surface area contributed by atoms with Gasteiger partial charge in [-0.15, -0.1) is 17.9 Å². The van der Waals surface area contributed by atoms with Gasteiger partial charge in [-0.3, -0.25) is 9.69 Å². The number of methoxy groups -OCH3 is 1. The normalized spacial score (nSPS) is 15.0. The van der Waals surface area contributed by atoms with E-state index in [0.29, 0.717) is 31.8 Å². The molecular formula is C20H24N2O3S. The second-order valence-electron chi connectivity index (χ2n) is 6.33. The van der Waals surface area contributed by atoms with Gasteiger partial charge in [0.15, 0.2) is 0 Å². The molecule has 3 rings (SSSR count). The molecule has 2 aromatic rings. The largest absolute Gasteiger partial charge is 0.507 e. The number of carbonyl (C=O) groups excluding carboxylic acids is 1. The van der Waals surface area contributed by atoms with Crippen molar-refractivity contribution in [2.75, 3.05) is 33.3 Å². The molecule has 1 saturated heterocycles. The quantitative estimate of drug-likeness (QED) is 0.792. The number of ether oxygens (including phenoxy) is 1. The highest BCUT2D eigenvalue weighted by Crippen LogP contribution is 2.30. The van der Waals surface area contributed by atoms with Gasteiger partial charge in [-0.2, -0.15) is 0 Å². The number of thiophene rings is 1. The summed E-state index contributed by atoms with van der Waals surface area (Å²) in [4.78, 5) is 17.4. The number of nitrogens with zero attached hydrogens (tertiary/aromatic N) is 2. The van der Waals surface area contributed by atoms with E-state index in [1.165, 1.54) is 11.3 Å². The monoisotopic (exact) mass is 372 g/mol. The Morgan fingerprint density at radius 1 is 1.31 bits per heavy atom. The van der Waals surface area contributed by atoms with E-state index in [0.717, 1.165) is 34.8 Å². The van der Waals surface area contributed by atoms with Crippen LogP contribution in [-0.2, 0) is 13.0 Å². The van der Waals surface area contributed by atoms with Crippen molar-refractivity contribution in [3.05, 3.63) is 58.3 Å². The number of hydrogen-bond acceptors (Lipinski definition) is 5. The Balaban J connectivity index is 1.65. The van der Waals surface area contributed by atoms with Gasteiger partial charge in [-0.25, -0.2) is 0 Å². The highest BCUT2D eigenvalue weighted by molar-refractivity contribution is 7.12. The molecule has 1 aliphatic heterocycles. The zero-order valence-corrected chi connectivity index (χ0v) is 15.8. The van der Waals surface area contributed by atoms with Crippen LogP contribution in [0.5, 0.6) is 11.5 Å². The molecule has 1 aromatic carbocycles. The lowest BCUT2D eigenvalue weighted by atomic mass is 10.0. The Morgan fingerprint density at radius 2 is 2.04 bits per heavy atom. The van der Waals surface area contributed by atoms with Crippen LogP contribution in [0.2, 0.25) is 0 Å². The van der Waals surface area contributed by atoms with Crippen molar-refractivity contribution in [2.45, 2.75) is 13.0 Å². The average molecular weight is 372 g/mol. The van der Waals surface area contributed by atoms with Gasteiger partial charge in [0, 0.05) is 43.9 Å². The first-order chi connectivity index (χ1) is 12.6. The minimum Gasteiger partial charge on any atom is -0.507 e. The van der Waals surface area contributed by atoms with Gasteiger partial charge in [-0.1, -0.05) is 12.1 Å². The number of carbonyl (C=O) groups is 1. The fourth-order valence-corrected chi connectivity index (χ4v) is 3.87. The lowest BCUT2D eigenvalue weighted by Gasteiger charge is -2.34. The standard InChI is InChI=1S/C20H24N2O3S/c1-3-5-15-12-17(25-2)13-16(19(15)23)14-21-7-9-22(10-8-21)20(24)18-6-4-11-26-18/h3-4,6,11-13,23H,1,5,7-10,14H2,2H3. The Hall–Kier alpha value is -2.31. The third kappa shape index (κ3) is 4.08. The van der Waals surface area contributed by atoms with Gasteiger partial charge in [0.2, 0.25) is 0 Å². The molecule has 1 aromatic heterocycles. The summed E-state index contributed by atoms with van der Waals surface area (Å²) in [6.07, 6.45) is 2.37. The van der Waals surface area contributed by atoms with Crippen LogP contribution >= 0.6 is 11.3 Å². The van der Waals surface area contributed by atoms with Crippen molar-refractivity contribution < 1.29 is 14.6 Å². The molecule has 2 heterocycles. The summed E-state index contributed by atoms with van der Waals surface area (Å²) < 4.78 is 5.36. The Labute approximate surface area is 158 Å². The summed E-state index contributed by atoms with van der Waals surface area (Å²) in [7, 11) is 1.63. The Bertz CT molecular complexity index is 766. The van der Waals surface area contributed by atoms with Crippen LogP contribution in [0.15, 0.2) is 42.3 Å². The summed E-state index contributed by atoms with van der Waals surface area (Å²) >= 11 is 1.48. The lowest BCUT2D eigenvalue weighted by molar-refractivity contribution is 0.0632. The second-order valence-corrected chi connectivity index (χ2v) is 7.28. The molecule has 1 N–H and O–H groups in total. The van der Waals surface area contributed by atoms with E-state index in [9.17, 15) is 9.90 Å². The van der Waals surface area contributed by atoms with Crippen molar-refractivity contribution in [3.63, 3.8) is 0 Å². The topological polar surface area (TPSA) is 53.0 Å². The number of aromatic hydroxyl groups is 1. The number of piperazine rings is 1. The van der Waals surface area contributed by atoms with Crippen molar-refractivity contribution in [1.29, 1.82) is 0 Å². The van der Waals surface area contributed by atoms with Crippen molar-refractivity contribution in [1.82, 2.24) is 9.80 Å². The number of amides is 1. The van der Waals surface area contributed by atoms with Crippen molar-refractivity contribution in [2.24, 2.45) is 0 Å². The molecule has 6 heteroatoms. The third-order valence-corrected chi connectivity index (χ3v) is 5.48. The molecule has 0 bridgehead atoms. The van der Waals surface area contributed by atoms with Crippen LogP contribution < -0.4 is 4.74 Å². The van der Waals surface area contributed by atoms with Gasteiger partial charge < -0.3 is 14.7 Å². The van der Waals surface area contributed by atoms with Crippen LogP contribution in [0.1, 0.15) is 20.8 Å². The molecule has 1 fully saturated rings. The summed E-state index contributed by atoms with van der Waals surface area (Å²) in [6.45, 7) is 7.33. The predicted octanol–water partition coefficient (Wildman–Crippen LogP) is 3.15. The molecule has 1 amide bonds. The summed E-state index contributed by atoms with van der Waals surface area (Å²) in [6, 6.07) is 7.50. The molecule has 0 atom stereocenters. The number of hydrogen-bond donors (Lipinski definition) is 1. The molecule has 0 radical (unpaired) electrons. The Morgan fingerprint density at radius 3 is 2.65 bits per heavy atom. The first-order valence-electron chi connectivity index (χ1n) is 8.67. The summed E-state index contributed by atoms with van der Waals surface area (Å²) in [5, 5.41) is 12.5. The van der Waals surface area contributed by atoms with Gasteiger partial charge >= 0.3 is 0 Å². The van der Waals surface area contributed by atoms with Crippen molar-refractivity contribution in [3.8, 4) is 11.5 Å². The van der Waals surface area contributed by atoms with Gasteiger partial charge in [0.1, 0.15) is 11.5 Å². The molecule has 0 aliphatic carbocycles.